The van der Waals surface area contributed by atoms with Crippen molar-refractivity contribution < 1.29 is 4.79 Å². The van der Waals surface area contributed by atoms with E-state index >= 15 is 0 Å². The van der Waals surface area contributed by atoms with Gasteiger partial charge in [-0.2, -0.15) is 0 Å². The van der Waals surface area contributed by atoms with Crippen LogP contribution in [0.2, 0.25) is 0 Å². The van der Waals surface area contributed by atoms with Crippen LogP contribution in [0.4, 0.5) is 0 Å². The first kappa shape index (κ1) is 18.1. The fourth-order valence-electron chi connectivity index (χ4n) is 3.64. The van der Waals surface area contributed by atoms with E-state index in [2.05, 4.69) is 11.9 Å². The van der Waals surface area contributed by atoms with Crippen LogP contribution in [0.15, 0.2) is 34.2 Å². The smallest absolute Gasteiger partial charge is 0.278 e. The third-order valence-corrected chi connectivity index (χ3v) is 6.31. The van der Waals surface area contributed by atoms with Gasteiger partial charge in [0.1, 0.15) is 11.0 Å². The van der Waals surface area contributed by atoms with E-state index in [4.69, 9.17) is 4.98 Å². The number of nitrogens with zero attached hydrogens (tertiary/aromatic N) is 3. The average Bonchev–Trinajstić information content (AvgIpc) is 3.06. The summed E-state index contributed by atoms with van der Waals surface area (Å²) < 4.78 is 1.65. The zero-order chi connectivity index (χ0) is 19.0. The Balaban J connectivity index is 1.63. The first-order valence-corrected chi connectivity index (χ1v) is 10.5. The highest BCUT2D eigenvalue weighted by Crippen LogP contribution is 2.25. The topological polar surface area (TPSA) is 71.0 Å². The van der Waals surface area contributed by atoms with Gasteiger partial charge in [0.05, 0.1) is 5.75 Å². The molecule has 1 amide bonds. The molecule has 1 aromatic carbocycles. The number of hydrogen-bond donors (Lipinski definition) is 1. The van der Waals surface area contributed by atoms with Crippen LogP contribution < -0.4 is 5.56 Å². The number of hydrogen-bond acceptors (Lipinski definition) is 4. The molecule has 3 aromatic rings. The molecule has 142 valence electrons. The Labute approximate surface area is 162 Å². The summed E-state index contributed by atoms with van der Waals surface area (Å²) >= 11 is 1.36. The van der Waals surface area contributed by atoms with Gasteiger partial charge in [0.25, 0.3) is 5.56 Å². The molecule has 1 aliphatic rings. The van der Waals surface area contributed by atoms with Crippen LogP contribution in [0.3, 0.4) is 0 Å². The predicted molar refractivity (Wildman–Crippen MR) is 109 cm³/mol. The van der Waals surface area contributed by atoms with Crippen molar-refractivity contribution in [1.29, 1.82) is 0 Å². The number of benzene rings is 1. The molecule has 1 fully saturated rings. The Morgan fingerprint density at radius 3 is 2.78 bits per heavy atom. The van der Waals surface area contributed by atoms with Crippen LogP contribution in [0.25, 0.3) is 21.9 Å². The molecule has 4 rings (SSSR count). The lowest BCUT2D eigenvalue weighted by molar-refractivity contribution is -0.129. The van der Waals surface area contributed by atoms with Crippen molar-refractivity contribution in [3.05, 3.63) is 34.6 Å². The third kappa shape index (κ3) is 3.36. The zero-order valence-electron chi connectivity index (χ0n) is 15.7. The van der Waals surface area contributed by atoms with Crippen LogP contribution in [0, 0.1) is 5.92 Å². The summed E-state index contributed by atoms with van der Waals surface area (Å²) in [6.07, 6.45) is 2.13. The van der Waals surface area contributed by atoms with Crippen molar-refractivity contribution in [2.24, 2.45) is 5.92 Å². The number of H-pyrrole nitrogens is 1. The van der Waals surface area contributed by atoms with Crippen molar-refractivity contribution in [3.8, 4) is 0 Å². The molecule has 1 aliphatic heterocycles. The van der Waals surface area contributed by atoms with E-state index in [9.17, 15) is 9.59 Å². The van der Waals surface area contributed by atoms with Crippen molar-refractivity contribution >= 4 is 39.6 Å². The van der Waals surface area contributed by atoms with Crippen LogP contribution >= 0.6 is 11.8 Å². The van der Waals surface area contributed by atoms with Gasteiger partial charge in [-0.3, -0.25) is 14.2 Å². The van der Waals surface area contributed by atoms with Crippen molar-refractivity contribution in [2.45, 2.75) is 38.4 Å². The quantitative estimate of drug-likeness (QED) is 0.554. The van der Waals surface area contributed by atoms with Gasteiger partial charge < -0.3 is 9.88 Å². The summed E-state index contributed by atoms with van der Waals surface area (Å²) in [5.74, 6) is 1.13. The molecule has 0 unspecified atom stereocenters. The molecule has 0 spiro atoms. The van der Waals surface area contributed by atoms with Crippen molar-refractivity contribution in [1.82, 2.24) is 19.4 Å². The standard InChI is InChI=1S/C20H24N4O2S/c1-3-24-19(26)18-17(14-6-4-5-7-15(14)21-18)22-20(24)27-12-16(25)23-10-8-13(2)9-11-23/h4-7,13,21H,3,8-12H2,1-2H3. The first-order valence-electron chi connectivity index (χ1n) is 9.50. The number of fused-ring (bicyclic) bond motifs is 3. The highest BCUT2D eigenvalue weighted by molar-refractivity contribution is 7.99. The lowest BCUT2D eigenvalue weighted by Crippen LogP contribution is -2.39. The molecule has 2 aromatic heterocycles. The Hall–Kier alpha value is -2.28. The largest absolute Gasteiger partial charge is 0.349 e. The number of aromatic amines is 1. The Bertz CT molecular complexity index is 1050. The summed E-state index contributed by atoms with van der Waals surface area (Å²) in [4.78, 5) is 35.4. The molecule has 0 aliphatic carbocycles. The van der Waals surface area contributed by atoms with Crippen LogP contribution in [0.1, 0.15) is 26.7 Å². The van der Waals surface area contributed by atoms with Gasteiger partial charge in [0.15, 0.2) is 5.16 Å². The average molecular weight is 385 g/mol. The predicted octanol–water partition coefficient (Wildman–Crippen LogP) is 3.25. The summed E-state index contributed by atoms with van der Waals surface area (Å²) in [6.45, 7) is 6.34. The monoisotopic (exact) mass is 384 g/mol. The number of thioether (sulfide) groups is 1. The number of para-hydroxylation sites is 1. The van der Waals surface area contributed by atoms with Gasteiger partial charge in [-0.15, -0.1) is 0 Å². The van der Waals surface area contributed by atoms with E-state index in [0.29, 0.717) is 34.4 Å². The summed E-state index contributed by atoms with van der Waals surface area (Å²) in [7, 11) is 0. The maximum Gasteiger partial charge on any atom is 0.278 e. The number of carbonyl (C=O) groups is 1. The zero-order valence-corrected chi connectivity index (χ0v) is 16.5. The lowest BCUT2D eigenvalue weighted by atomic mass is 9.99. The molecular weight excluding hydrogens is 360 g/mol. The SMILES string of the molecule is CCn1c(SCC(=O)N2CCC(C)CC2)nc2c([nH]c3ccccc32)c1=O. The number of likely N-dealkylation sites (tertiary alicyclic amines) is 1. The summed E-state index contributed by atoms with van der Waals surface area (Å²) in [5, 5.41) is 1.55. The number of nitrogens with one attached hydrogen (secondary N) is 1. The highest BCUT2D eigenvalue weighted by atomic mass is 32.2. The molecule has 3 heterocycles. The van der Waals surface area contributed by atoms with Crippen LogP contribution in [0.5, 0.6) is 0 Å². The van der Waals surface area contributed by atoms with Gasteiger partial charge in [0, 0.05) is 30.5 Å². The third-order valence-electron chi connectivity index (χ3n) is 5.35. The van der Waals surface area contributed by atoms with Crippen molar-refractivity contribution in [2.75, 3.05) is 18.8 Å². The number of carbonyl (C=O) groups excluding carboxylic acids is 1. The lowest BCUT2D eigenvalue weighted by Gasteiger charge is -2.30. The van der Waals surface area contributed by atoms with E-state index in [1.54, 1.807) is 4.57 Å². The molecule has 27 heavy (non-hydrogen) atoms. The van der Waals surface area contributed by atoms with Gasteiger partial charge in [-0.05, 0) is 31.7 Å². The fourth-order valence-corrected chi connectivity index (χ4v) is 4.60. The Morgan fingerprint density at radius 2 is 2.04 bits per heavy atom. The molecule has 6 nitrogen and oxygen atoms in total. The van der Waals surface area contributed by atoms with E-state index in [0.717, 1.165) is 36.8 Å². The van der Waals surface area contributed by atoms with Gasteiger partial charge in [0.2, 0.25) is 5.91 Å². The summed E-state index contributed by atoms with van der Waals surface area (Å²) in [6, 6.07) is 7.78. The first-order chi connectivity index (χ1) is 13.1. The second kappa shape index (κ2) is 7.38. The van der Waals surface area contributed by atoms with Crippen molar-refractivity contribution in [3.63, 3.8) is 0 Å². The number of rotatable bonds is 4. The molecular formula is C20H24N4O2S. The Kier molecular flexibility index (Phi) is 4.95. The number of piperidine rings is 1. The van der Waals surface area contributed by atoms with Gasteiger partial charge in [-0.1, -0.05) is 36.9 Å². The second-order valence-electron chi connectivity index (χ2n) is 7.19. The maximum atomic E-state index is 12.9. The molecule has 1 saturated heterocycles. The highest BCUT2D eigenvalue weighted by Gasteiger charge is 2.21. The number of amides is 1. The minimum Gasteiger partial charge on any atom is -0.349 e. The Morgan fingerprint density at radius 1 is 1.30 bits per heavy atom. The maximum absolute atomic E-state index is 12.9. The fraction of sp³-hybridized carbons (Fsp3) is 0.450. The second-order valence-corrected chi connectivity index (χ2v) is 8.13. The molecule has 0 radical (unpaired) electrons. The summed E-state index contributed by atoms with van der Waals surface area (Å²) in [5.41, 5.74) is 2.03. The molecule has 0 bridgehead atoms. The van der Waals surface area contributed by atoms with Gasteiger partial charge >= 0.3 is 0 Å². The number of aromatic nitrogens is 3. The van der Waals surface area contributed by atoms with Crippen LogP contribution in [-0.4, -0.2) is 44.2 Å². The molecule has 7 heteroatoms. The van der Waals surface area contributed by atoms with Crippen LogP contribution in [-0.2, 0) is 11.3 Å². The van der Waals surface area contributed by atoms with E-state index < -0.39 is 0 Å². The minimum absolute atomic E-state index is 0.0829. The molecule has 0 atom stereocenters. The normalized spacial score (nSPS) is 15.7. The van der Waals surface area contributed by atoms with E-state index in [1.807, 2.05) is 36.1 Å². The van der Waals surface area contributed by atoms with E-state index in [-0.39, 0.29) is 11.5 Å². The van der Waals surface area contributed by atoms with E-state index in [1.165, 1.54) is 11.8 Å². The minimum atomic E-state index is -0.0829. The van der Waals surface area contributed by atoms with Gasteiger partial charge in [-0.25, -0.2) is 4.98 Å². The molecule has 0 saturated carbocycles. The molecule has 1 N–H and O–H groups in total.